The third-order valence-electron chi connectivity index (χ3n) is 1.10. The van der Waals surface area contributed by atoms with Crippen LogP contribution in [0.15, 0.2) is 24.3 Å². The molecule has 1 nitrogen and oxygen atoms in total. The number of ketones is 1. The van der Waals surface area contributed by atoms with E-state index < -0.39 is 0 Å². The highest BCUT2D eigenvalue weighted by molar-refractivity contribution is 5.75. The highest BCUT2D eigenvalue weighted by Crippen LogP contribution is 1.91. The van der Waals surface area contributed by atoms with Crippen LogP contribution in [0.25, 0.3) is 0 Å². The van der Waals surface area contributed by atoms with Crippen molar-refractivity contribution in [3.05, 3.63) is 24.3 Å². The van der Waals surface area contributed by atoms with Crippen LogP contribution in [0.2, 0.25) is 0 Å². The first kappa shape index (κ1) is 9.15. The average Bonchev–Trinajstić information content (AvgIpc) is 1.87. The van der Waals surface area contributed by atoms with E-state index in [1.165, 1.54) is 0 Å². The van der Waals surface area contributed by atoms with Crippen molar-refractivity contribution >= 4 is 5.78 Å². The minimum atomic E-state index is 0.255. The Morgan fingerprint density at radius 1 is 1.40 bits per heavy atom. The quantitative estimate of drug-likeness (QED) is 0.545. The molecule has 0 aromatic rings. The van der Waals surface area contributed by atoms with Crippen LogP contribution in [0.5, 0.6) is 0 Å². The molecule has 0 spiro atoms. The summed E-state index contributed by atoms with van der Waals surface area (Å²) in [6.45, 7) is 3.58. The Labute approximate surface area is 62.4 Å². The lowest BCUT2D eigenvalue weighted by Gasteiger charge is -1.85. The Morgan fingerprint density at radius 3 is 2.60 bits per heavy atom. The minimum absolute atomic E-state index is 0.255. The smallest absolute Gasteiger partial charge is 0.130 e. The molecule has 0 aromatic carbocycles. The van der Waals surface area contributed by atoms with E-state index in [4.69, 9.17) is 0 Å². The molecule has 0 radical (unpaired) electrons. The molecule has 0 aliphatic heterocycles. The van der Waals surface area contributed by atoms with E-state index >= 15 is 0 Å². The SMILES string of the molecule is C/C=C\C=C/CCC(C)=O. The number of Topliss-reactive ketones (excluding diaryl/α,β-unsaturated/α-hetero) is 1. The molecule has 1 heteroatoms. The lowest BCUT2D eigenvalue weighted by Crippen LogP contribution is -1.85. The van der Waals surface area contributed by atoms with Crippen molar-refractivity contribution in [2.75, 3.05) is 0 Å². The van der Waals surface area contributed by atoms with Gasteiger partial charge in [0.1, 0.15) is 5.78 Å². The standard InChI is InChI=1S/C9H14O/c1-3-4-5-6-7-8-9(2)10/h3-6H,7-8H2,1-2H3/b4-3-,6-5-. The van der Waals surface area contributed by atoms with Gasteiger partial charge in [-0.25, -0.2) is 0 Å². The molecule has 0 aliphatic rings. The molecule has 0 amide bonds. The van der Waals surface area contributed by atoms with Crippen LogP contribution in [-0.2, 0) is 4.79 Å². The van der Waals surface area contributed by atoms with Crippen molar-refractivity contribution in [1.82, 2.24) is 0 Å². The van der Waals surface area contributed by atoms with Gasteiger partial charge in [0.25, 0.3) is 0 Å². The first-order valence-electron chi connectivity index (χ1n) is 3.54. The zero-order chi connectivity index (χ0) is 7.82. The van der Waals surface area contributed by atoms with Crippen LogP contribution in [0, 0.1) is 0 Å². The van der Waals surface area contributed by atoms with Gasteiger partial charge < -0.3 is 4.79 Å². The van der Waals surface area contributed by atoms with Gasteiger partial charge in [0.2, 0.25) is 0 Å². The molecular weight excluding hydrogens is 124 g/mol. The normalized spacial score (nSPS) is 11.4. The van der Waals surface area contributed by atoms with E-state index in [-0.39, 0.29) is 5.78 Å². The largest absolute Gasteiger partial charge is 0.300 e. The molecule has 10 heavy (non-hydrogen) atoms. The maximum absolute atomic E-state index is 10.4. The Kier molecular flexibility index (Phi) is 5.74. The van der Waals surface area contributed by atoms with E-state index in [1.54, 1.807) is 6.92 Å². The van der Waals surface area contributed by atoms with Crippen LogP contribution < -0.4 is 0 Å². The van der Waals surface area contributed by atoms with Gasteiger partial charge in [0.05, 0.1) is 0 Å². The molecule has 0 aliphatic carbocycles. The molecule has 0 fully saturated rings. The van der Waals surface area contributed by atoms with E-state index in [2.05, 4.69) is 0 Å². The first-order valence-corrected chi connectivity index (χ1v) is 3.54. The predicted octanol–water partition coefficient (Wildman–Crippen LogP) is 2.49. The van der Waals surface area contributed by atoms with Crippen molar-refractivity contribution < 1.29 is 4.79 Å². The van der Waals surface area contributed by atoms with Gasteiger partial charge in [0.15, 0.2) is 0 Å². The molecule has 0 rings (SSSR count). The van der Waals surface area contributed by atoms with Gasteiger partial charge in [-0.1, -0.05) is 24.3 Å². The third-order valence-corrected chi connectivity index (χ3v) is 1.10. The number of carbonyl (C=O) groups is 1. The summed E-state index contributed by atoms with van der Waals surface area (Å²) in [4.78, 5) is 10.4. The fourth-order valence-electron chi connectivity index (χ4n) is 0.573. The van der Waals surface area contributed by atoms with Crippen LogP contribution in [0.3, 0.4) is 0 Å². The van der Waals surface area contributed by atoms with Crippen LogP contribution >= 0.6 is 0 Å². The summed E-state index contributed by atoms with van der Waals surface area (Å²) in [5.41, 5.74) is 0. The summed E-state index contributed by atoms with van der Waals surface area (Å²) >= 11 is 0. The first-order chi connectivity index (χ1) is 4.77. The van der Waals surface area contributed by atoms with Crippen molar-refractivity contribution in [3.63, 3.8) is 0 Å². The molecular formula is C9H14O. The van der Waals surface area contributed by atoms with Gasteiger partial charge in [-0.2, -0.15) is 0 Å². The highest BCUT2D eigenvalue weighted by atomic mass is 16.1. The number of rotatable bonds is 4. The fraction of sp³-hybridized carbons (Fsp3) is 0.444. The number of carbonyl (C=O) groups excluding carboxylic acids is 1. The topological polar surface area (TPSA) is 17.1 Å². The van der Waals surface area contributed by atoms with Gasteiger partial charge >= 0.3 is 0 Å². The van der Waals surface area contributed by atoms with E-state index in [1.807, 2.05) is 31.2 Å². The van der Waals surface area contributed by atoms with E-state index in [0.29, 0.717) is 6.42 Å². The molecule has 0 saturated heterocycles. The Morgan fingerprint density at radius 2 is 2.10 bits per heavy atom. The molecule has 0 heterocycles. The molecule has 0 saturated carbocycles. The fourth-order valence-corrected chi connectivity index (χ4v) is 0.573. The Balaban J connectivity index is 3.27. The van der Waals surface area contributed by atoms with Crippen LogP contribution in [0.4, 0.5) is 0 Å². The lowest BCUT2D eigenvalue weighted by molar-refractivity contribution is -0.116. The monoisotopic (exact) mass is 138 g/mol. The van der Waals surface area contributed by atoms with Crippen molar-refractivity contribution in [3.8, 4) is 0 Å². The maximum Gasteiger partial charge on any atom is 0.130 e. The molecule has 0 unspecified atom stereocenters. The zero-order valence-corrected chi connectivity index (χ0v) is 6.63. The molecule has 56 valence electrons. The Hall–Kier alpha value is -0.850. The number of hydrogen-bond donors (Lipinski definition) is 0. The molecule has 0 bridgehead atoms. The zero-order valence-electron chi connectivity index (χ0n) is 6.63. The van der Waals surface area contributed by atoms with Crippen molar-refractivity contribution in [2.24, 2.45) is 0 Å². The van der Waals surface area contributed by atoms with Crippen molar-refractivity contribution in [2.45, 2.75) is 26.7 Å². The Bertz CT molecular complexity index is 143. The molecule has 0 aromatic heterocycles. The second-order valence-electron chi connectivity index (χ2n) is 2.19. The summed E-state index contributed by atoms with van der Waals surface area (Å²) in [6.07, 6.45) is 9.41. The van der Waals surface area contributed by atoms with E-state index in [9.17, 15) is 4.79 Å². The van der Waals surface area contributed by atoms with Gasteiger partial charge in [-0.3, -0.25) is 0 Å². The summed E-state index contributed by atoms with van der Waals surface area (Å²) in [6, 6.07) is 0. The average molecular weight is 138 g/mol. The van der Waals surface area contributed by atoms with Gasteiger partial charge in [-0.05, 0) is 20.3 Å². The van der Waals surface area contributed by atoms with Crippen LogP contribution in [-0.4, -0.2) is 5.78 Å². The summed E-state index contributed by atoms with van der Waals surface area (Å²) in [5, 5.41) is 0. The maximum atomic E-state index is 10.4. The summed E-state index contributed by atoms with van der Waals surface area (Å²) in [7, 11) is 0. The van der Waals surface area contributed by atoms with Crippen molar-refractivity contribution in [1.29, 1.82) is 0 Å². The number of hydrogen-bond acceptors (Lipinski definition) is 1. The molecule has 0 atom stereocenters. The second kappa shape index (κ2) is 6.27. The summed E-state index contributed by atoms with van der Waals surface area (Å²) in [5.74, 6) is 0.255. The van der Waals surface area contributed by atoms with E-state index in [0.717, 1.165) is 6.42 Å². The summed E-state index contributed by atoms with van der Waals surface area (Å²) < 4.78 is 0. The lowest BCUT2D eigenvalue weighted by atomic mass is 10.2. The third kappa shape index (κ3) is 7.15. The van der Waals surface area contributed by atoms with Gasteiger partial charge in [-0.15, -0.1) is 0 Å². The molecule has 0 N–H and O–H groups in total. The predicted molar refractivity (Wildman–Crippen MR) is 43.9 cm³/mol. The second-order valence-corrected chi connectivity index (χ2v) is 2.19. The number of allylic oxidation sites excluding steroid dienone is 4. The van der Waals surface area contributed by atoms with Crippen LogP contribution in [0.1, 0.15) is 26.7 Å². The van der Waals surface area contributed by atoms with Gasteiger partial charge in [0, 0.05) is 6.42 Å². The minimum Gasteiger partial charge on any atom is -0.300 e. The highest BCUT2D eigenvalue weighted by Gasteiger charge is 1.86.